The van der Waals surface area contributed by atoms with E-state index in [0.29, 0.717) is 0 Å². The maximum Gasteiger partial charge on any atom is 0.270 e. The van der Waals surface area contributed by atoms with Gasteiger partial charge in [0.05, 0.1) is 11.1 Å². The molecular formula is C17H18N4O4. The van der Waals surface area contributed by atoms with Gasteiger partial charge in [-0.05, 0) is 32.0 Å². The summed E-state index contributed by atoms with van der Waals surface area (Å²) in [7, 11) is 0. The topological polar surface area (TPSA) is 117 Å². The Labute approximate surface area is 144 Å². The Morgan fingerprint density at radius 1 is 1.28 bits per heavy atom. The van der Waals surface area contributed by atoms with E-state index in [4.69, 9.17) is 0 Å². The second-order valence-corrected chi connectivity index (χ2v) is 5.47. The highest BCUT2D eigenvalue weighted by molar-refractivity contribution is 5.88. The molecule has 0 fully saturated rings. The van der Waals surface area contributed by atoms with Crippen molar-refractivity contribution in [1.29, 1.82) is 0 Å². The monoisotopic (exact) mass is 342 g/mol. The number of hydrogen-bond donors (Lipinski definition) is 3. The first kappa shape index (κ1) is 17.9. The number of anilines is 1. The van der Waals surface area contributed by atoms with E-state index in [1.807, 2.05) is 31.2 Å². The van der Waals surface area contributed by atoms with Crippen LogP contribution in [-0.2, 0) is 4.79 Å². The zero-order valence-corrected chi connectivity index (χ0v) is 13.8. The van der Waals surface area contributed by atoms with Crippen LogP contribution in [0.3, 0.4) is 0 Å². The van der Waals surface area contributed by atoms with Crippen molar-refractivity contribution >= 4 is 23.5 Å². The van der Waals surface area contributed by atoms with Gasteiger partial charge in [-0.1, -0.05) is 17.7 Å². The molecule has 0 radical (unpaired) electrons. The number of amides is 1. The van der Waals surface area contributed by atoms with Gasteiger partial charge in [0.1, 0.15) is 11.8 Å². The van der Waals surface area contributed by atoms with Crippen LogP contribution in [0.15, 0.2) is 47.6 Å². The molecule has 1 unspecified atom stereocenters. The number of hydrogen-bond acceptors (Lipinski definition) is 6. The summed E-state index contributed by atoms with van der Waals surface area (Å²) in [6, 6.07) is 10.6. The largest absolute Gasteiger partial charge is 0.507 e. The Balaban J connectivity index is 1.96. The van der Waals surface area contributed by atoms with Crippen molar-refractivity contribution in [3.05, 3.63) is 63.7 Å². The number of nitrogens with zero attached hydrogens (tertiary/aromatic N) is 2. The summed E-state index contributed by atoms with van der Waals surface area (Å²) >= 11 is 0. The fraction of sp³-hybridized carbons (Fsp3) is 0.176. The zero-order chi connectivity index (χ0) is 18.4. The Morgan fingerprint density at radius 3 is 2.60 bits per heavy atom. The van der Waals surface area contributed by atoms with Crippen molar-refractivity contribution in [3.8, 4) is 5.75 Å². The minimum atomic E-state index is -0.580. The number of nitrogens with one attached hydrogen (secondary N) is 2. The molecule has 2 rings (SSSR count). The van der Waals surface area contributed by atoms with Crippen LogP contribution in [0.25, 0.3) is 0 Å². The SMILES string of the molecule is Cc1ccc(NC(C)C(=O)N/N=C/c2cc([N+](=O)[O-])ccc2O)cc1. The van der Waals surface area contributed by atoms with Gasteiger partial charge in [-0.15, -0.1) is 0 Å². The molecule has 0 spiro atoms. The van der Waals surface area contributed by atoms with E-state index in [1.165, 1.54) is 18.2 Å². The van der Waals surface area contributed by atoms with E-state index < -0.39 is 11.0 Å². The summed E-state index contributed by atoms with van der Waals surface area (Å²) in [5.41, 5.74) is 4.19. The highest BCUT2D eigenvalue weighted by Gasteiger charge is 2.12. The van der Waals surface area contributed by atoms with E-state index in [1.54, 1.807) is 6.92 Å². The molecule has 0 saturated heterocycles. The number of carbonyl (C=O) groups is 1. The third-order valence-corrected chi connectivity index (χ3v) is 3.43. The van der Waals surface area contributed by atoms with E-state index in [9.17, 15) is 20.0 Å². The lowest BCUT2D eigenvalue weighted by molar-refractivity contribution is -0.384. The summed E-state index contributed by atoms with van der Waals surface area (Å²) < 4.78 is 0. The molecule has 0 aliphatic carbocycles. The summed E-state index contributed by atoms with van der Waals surface area (Å²) in [4.78, 5) is 22.2. The number of phenolic OH excluding ortho intramolecular Hbond substituents is 1. The maximum absolute atomic E-state index is 12.0. The molecule has 0 aliphatic heterocycles. The molecule has 1 atom stereocenters. The summed E-state index contributed by atoms with van der Waals surface area (Å²) in [5, 5.41) is 27.2. The molecule has 0 heterocycles. The first-order chi connectivity index (χ1) is 11.9. The standard InChI is InChI=1S/C17H18N4O4/c1-11-3-5-14(6-4-11)19-12(2)17(23)20-18-10-13-9-15(21(24)25)7-8-16(13)22/h3-10,12,19,22H,1-2H3,(H,20,23)/b18-10+. The van der Waals surface area contributed by atoms with Crippen molar-refractivity contribution in [3.63, 3.8) is 0 Å². The van der Waals surface area contributed by atoms with Gasteiger partial charge >= 0.3 is 0 Å². The Bertz CT molecular complexity index is 803. The van der Waals surface area contributed by atoms with Gasteiger partial charge in [-0.2, -0.15) is 5.10 Å². The van der Waals surface area contributed by atoms with Crippen LogP contribution < -0.4 is 10.7 Å². The third kappa shape index (κ3) is 5.03. The number of aryl methyl sites for hydroxylation is 1. The van der Waals surface area contributed by atoms with Gasteiger partial charge in [0.2, 0.25) is 0 Å². The van der Waals surface area contributed by atoms with Crippen LogP contribution in [0, 0.1) is 17.0 Å². The molecule has 8 heteroatoms. The second kappa shape index (κ2) is 7.91. The maximum atomic E-state index is 12.0. The molecular weight excluding hydrogens is 324 g/mol. The predicted octanol–water partition coefficient (Wildman–Crippen LogP) is 2.56. The summed E-state index contributed by atoms with van der Waals surface area (Å²) in [6.07, 6.45) is 1.15. The second-order valence-electron chi connectivity index (χ2n) is 5.47. The van der Waals surface area contributed by atoms with Gasteiger partial charge in [0.15, 0.2) is 0 Å². The smallest absolute Gasteiger partial charge is 0.270 e. The van der Waals surface area contributed by atoms with Crippen molar-refractivity contribution in [2.24, 2.45) is 5.10 Å². The van der Waals surface area contributed by atoms with Crippen LogP contribution >= 0.6 is 0 Å². The van der Waals surface area contributed by atoms with E-state index in [2.05, 4.69) is 15.8 Å². The number of aromatic hydroxyl groups is 1. The molecule has 0 aliphatic rings. The van der Waals surface area contributed by atoms with E-state index in [0.717, 1.165) is 17.5 Å². The fourth-order valence-electron chi connectivity index (χ4n) is 1.99. The normalized spacial score (nSPS) is 11.9. The number of carbonyl (C=O) groups excluding carboxylic acids is 1. The van der Waals surface area contributed by atoms with E-state index in [-0.39, 0.29) is 22.9 Å². The summed E-state index contributed by atoms with van der Waals surface area (Å²) in [6.45, 7) is 3.65. The Morgan fingerprint density at radius 2 is 1.96 bits per heavy atom. The highest BCUT2D eigenvalue weighted by atomic mass is 16.6. The molecule has 1 amide bonds. The number of nitro benzene ring substituents is 1. The fourth-order valence-corrected chi connectivity index (χ4v) is 1.99. The number of non-ortho nitro benzene ring substituents is 1. The predicted molar refractivity (Wildman–Crippen MR) is 94.8 cm³/mol. The zero-order valence-electron chi connectivity index (χ0n) is 13.8. The first-order valence-corrected chi connectivity index (χ1v) is 7.50. The lowest BCUT2D eigenvalue weighted by Crippen LogP contribution is -2.34. The number of benzene rings is 2. The van der Waals surface area contributed by atoms with Crippen molar-refractivity contribution < 1.29 is 14.8 Å². The van der Waals surface area contributed by atoms with Gasteiger partial charge in [0.25, 0.3) is 11.6 Å². The number of hydrazone groups is 1. The van der Waals surface area contributed by atoms with Crippen molar-refractivity contribution in [1.82, 2.24) is 5.43 Å². The molecule has 0 aromatic heterocycles. The van der Waals surface area contributed by atoms with Crippen LogP contribution in [0.5, 0.6) is 5.75 Å². The van der Waals surface area contributed by atoms with Gasteiger partial charge in [0, 0.05) is 23.4 Å². The van der Waals surface area contributed by atoms with Gasteiger partial charge in [-0.3, -0.25) is 14.9 Å². The van der Waals surface area contributed by atoms with Crippen molar-refractivity contribution in [2.75, 3.05) is 5.32 Å². The number of rotatable bonds is 6. The summed E-state index contributed by atoms with van der Waals surface area (Å²) in [5.74, 6) is -0.559. The molecule has 2 aromatic rings. The highest BCUT2D eigenvalue weighted by Crippen LogP contribution is 2.21. The lowest BCUT2D eigenvalue weighted by Gasteiger charge is -2.13. The number of nitro groups is 1. The molecule has 8 nitrogen and oxygen atoms in total. The van der Waals surface area contributed by atoms with Gasteiger partial charge in [-0.25, -0.2) is 5.43 Å². The van der Waals surface area contributed by atoms with Crippen LogP contribution in [-0.4, -0.2) is 28.2 Å². The average Bonchev–Trinajstić information content (AvgIpc) is 2.58. The Kier molecular flexibility index (Phi) is 5.67. The minimum Gasteiger partial charge on any atom is -0.507 e. The van der Waals surface area contributed by atoms with Crippen LogP contribution in [0.2, 0.25) is 0 Å². The molecule has 0 bridgehead atoms. The quantitative estimate of drug-likeness (QED) is 0.424. The first-order valence-electron chi connectivity index (χ1n) is 7.50. The molecule has 130 valence electrons. The van der Waals surface area contributed by atoms with Crippen LogP contribution in [0.1, 0.15) is 18.1 Å². The molecule has 0 saturated carbocycles. The Hall–Kier alpha value is -3.42. The molecule has 2 aromatic carbocycles. The third-order valence-electron chi connectivity index (χ3n) is 3.43. The van der Waals surface area contributed by atoms with Crippen molar-refractivity contribution in [2.45, 2.75) is 19.9 Å². The lowest BCUT2D eigenvalue weighted by atomic mass is 10.2. The minimum absolute atomic E-state index is 0.133. The molecule has 25 heavy (non-hydrogen) atoms. The average molecular weight is 342 g/mol. The molecule has 3 N–H and O–H groups in total. The number of phenols is 1. The van der Waals surface area contributed by atoms with E-state index >= 15 is 0 Å². The van der Waals surface area contributed by atoms with Gasteiger partial charge < -0.3 is 10.4 Å². The van der Waals surface area contributed by atoms with Crippen LogP contribution in [0.4, 0.5) is 11.4 Å².